The molecule has 0 saturated heterocycles. The van der Waals surface area contributed by atoms with Crippen LogP contribution in [0.15, 0.2) is 17.0 Å². The SMILES string of the molecule is Cc1nc(C(C)(C)O)ccc1SN. The molecule has 1 aromatic rings. The van der Waals surface area contributed by atoms with E-state index in [4.69, 9.17) is 5.14 Å². The highest BCUT2D eigenvalue weighted by Gasteiger charge is 2.18. The van der Waals surface area contributed by atoms with Crippen LogP contribution in [-0.2, 0) is 5.60 Å². The summed E-state index contributed by atoms with van der Waals surface area (Å²) in [5, 5.41) is 15.1. The van der Waals surface area contributed by atoms with Gasteiger partial charge in [-0.1, -0.05) is 0 Å². The molecule has 0 bridgehead atoms. The summed E-state index contributed by atoms with van der Waals surface area (Å²) in [6, 6.07) is 3.67. The van der Waals surface area contributed by atoms with Crippen molar-refractivity contribution in [2.24, 2.45) is 5.14 Å². The fourth-order valence-electron chi connectivity index (χ4n) is 1.01. The van der Waals surface area contributed by atoms with Crippen LogP contribution in [0.4, 0.5) is 0 Å². The fraction of sp³-hybridized carbons (Fsp3) is 0.444. The van der Waals surface area contributed by atoms with Crippen molar-refractivity contribution < 1.29 is 5.11 Å². The molecule has 0 radical (unpaired) electrons. The lowest BCUT2D eigenvalue weighted by Crippen LogP contribution is -2.17. The van der Waals surface area contributed by atoms with Crippen molar-refractivity contribution in [3.05, 3.63) is 23.5 Å². The van der Waals surface area contributed by atoms with E-state index in [2.05, 4.69) is 4.98 Å². The van der Waals surface area contributed by atoms with Gasteiger partial charge in [-0.3, -0.25) is 10.1 Å². The Hall–Kier alpha value is -0.580. The molecule has 0 spiro atoms. The van der Waals surface area contributed by atoms with Crippen LogP contribution in [0.25, 0.3) is 0 Å². The number of hydrogen-bond donors (Lipinski definition) is 2. The predicted molar refractivity (Wildman–Crippen MR) is 54.3 cm³/mol. The van der Waals surface area contributed by atoms with Gasteiger partial charge in [-0.15, -0.1) is 0 Å². The highest BCUT2D eigenvalue weighted by molar-refractivity contribution is 7.97. The highest BCUT2D eigenvalue weighted by Crippen LogP contribution is 2.22. The third-order valence-corrected chi connectivity index (χ3v) is 2.48. The summed E-state index contributed by atoms with van der Waals surface area (Å²) in [5.74, 6) is 0. The number of rotatable bonds is 2. The van der Waals surface area contributed by atoms with Crippen molar-refractivity contribution >= 4 is 11.9 Å². The smallest absolute Gasteiger partial charge is 0.101 e. The molecular formula is C9H14N2OS. The van der Waals surface area contributed by atoms with Crippen molar-refractivity contribution in [2.75, 3.05) is 0 Å². The first kappa shape index (κ1) is 10.5. The summed E-state index contributed by atoms with van der Waals surface area (Å²) >= 11 is 1.17. The molecule has 0 aliphatic heterocycles. The normalized spacial score (nSPS) is 11.8. The topological polar surface area (TPSA) is 59.1 Å². The van der Waals surface area contributed by atoms with Crippen LogP contribution in [0.3, 0.4) is 0 Å². The number of aliphatic hydroxyl groups is 1. The van der Waals surface area contributed by atoms with E-state index < -0.39 is 5.60 Å². The van der Waals surface area contributed by atoms with Crippen LogP contribution in [0.5, 0.6) is 0 Å². The van der Waals surface area contributed by atoms with Crippen molar-refractivity contribution in [3.8, 4) is 0 Å². The second kappa shape index (κ2) is 3.65. The zero-order valence-corrected chi connectivity index (χ0v) is 8.85. The Morgan fingerprint density at radius 3 is 2.46 bits per heavy atom. The Labute approximate surface area is 82.5 Å². The van der Waals surface area contributed by atoms with E-state index in [-0.39, 0.29) is 0 Å². The number of aromatic nitrogens is 1. The van der Waals surface area contributed by atoms with Crippen LogP contribution >= 0.6 is 11.9 Å². The molecule has 0 aliphatic rings. The first-order valence-corrected chi connectivity index (χ1v) is 4.90. The molecule has 0 atom stereocenters. The summed E-state index contributed by atoms with van der Waals surface area (Å²) in [7, 11) is 0. The summed E-state index contributed by atoms with van der Waals surface area (Å²) < 4.78 is 0. The Morgan fingerprint density at radius 2 is 2.08 bits per heavy atom. The highest BCUT2D eigenvalue weighted by atomic mass is 32.2. The Balaban J connectivity index is 3.10. The van der Waals surface area contributed by atoms with E-state index in [1.807, 2.05) is 13.0 Å². The largest absolute Gasteiger partial charge is 0.384 e. The minimum absolute atomic E-state index is 0.669. The molecule has 0 aliphatic carbocycles. The van der Waals surface area contributed by atoms with Crippen LogP contribution in [0, 0.1) is 6.92 Å². The summed E-state index contributed by atoms with van der Waals surface area (Å²) in [5.41, 5.74) is 0.637. The molecule has 1 rings (SSSR count). The van der Waals surface area contributed by atoms with Crippen molar-refractivity contribution in [3.63, 3.8) is 0 Å². The molecule has 1 aromatic heterocycles. The zero-order chi connectivity index (χ0) is 10.1. The molecule has 3 nitrogen and oxygen atoms in total. The summed E-state index contributed by atoms with van der Waals surface area (Å²) in [4.78, 5) is 5.20. The van der Waals surface area contributed by atoms with Crippen LogP contribution in [-0.4, -0.2) is 10.1 Å². The zero-order valence-electron chi connectivity index (χ0n) is 8.03. The van der Waals surface area contributed by atoms with Gasteiger partial charge in [-0.25, -0.2) is 0 Å². The van der Waals surface area contributed by atoms with Gasteiger partial charge in [0.25, 0.3) is 0 Å². The fourth-order valence-corrected chi connectivity index (χ4v) is 1.38. The van der Waals surface area contributed by atoms with Gasteiger partial charge < -0.3 is 5.11 Å². The maximum atomic E-state index is 9.68. The number of nitrogens with zero attached hydrogens (tertiary/aromatic N) is 1. The van der Waals surface area contributed by atoms with E-state index in [9.17, 15) is 5.11 Å². The molecule has 3 N–H and O–H groups in total. The Bertz CT molecular complexity index is 307. The minimum atomic E-state index is -0.886. The van der Waals surface area contributed by atoms with E-state index >= 15 is 0 Å². The lowest BCUT2D eigenvalue weighted by molar-refractivity contribution is 0.0736. The van der Waals surface area contributed by atoms with Gasteiger partial charge in [-0.05, 0) is 44.9 Å². The third-order valence-electron chi connectivity index (χ3n) is 1.79. The average molecular weight is 198 g/mol. The van der Waals surface area contributed by atoms with E-state index in [1.165, 1.54) is 11.9 Å². The minimum Gasteiger partial charge on any atom is -0.384 e. The average Bonchev–Trinajstić information content (AvgIpc) is 2.02. The Morgan fingerprint density at radius 1 is 1.46 bits per heavy atom. The van der Waals surface area contributed by atoms with Gasteiger partial charge in [0.15, 0.2) is 0 Å². The first-order chi connectivity index (χ1) is 5.95. The van der Waals surface area contributed by atoms with Crippen molar-refractivity contribution in [1.82, 2.24) is 4.98 Å². The lowest BCUT2D eigenvalue weighted by Gasteiger charge is -2.17. The maximum absolute atomic E-state index is 9.68. The molecule has 0 amide bonds. The van der Waals surface area contributed by atoms with Crippen LogP contribution in [0.2, 0.25) is 0 Å². The van der Waals surface area contributed by atoms with Gasteiger partial charge in [0.05, 0.1) is 11.4 Å². The molecule has 0 saturated carbocycles. The molecule has 1 heterocycles. The number of pyridine rings is 1. The predicted octanol–water partition coefficient (Wildman–Crippen LogP) is 1.58. The first-order valence-electron chi connectivity index (χ1n) is 4.02. The quantitative estimate of drug-likeness (QED) is 0.708. The van der Waals surface area contributed by atoms with E-state index in [0.717, 1.165) is 10.6 Å². The van der Waals surface area contributed by atoms with E-state index in [0.29, 0.717) is 5.69 Å². The monoisotopic (exact) mass is 198 g/mol. The molecule has 13 heavy (non-hydrogen) atoms. The van der Waals surface area contributed by atoms with Gasteiger partial charge in [-0.2, -0.15) is 0 Å². The molecule has 4 heteroatoms. The lowest BCUT2D eigenvalue weighted by atomic mass is 10.0. The van der Waals surface area contributed by atoms with E-state index in [1.54, 1.807) is 19.9 Å². The third kappa shape index (κ3) is 2.43. The van der Waals surface area contributed by atoms with Crippen LogP contribution < -0.4 is 5.14 Å². The molecular weight excluding hydrogens is 184 g/mol. The second-order valence-electron chi connectivity index (χ2n) is 3.46. The van der Waals surface area contributed by atoms with Crippen molar-refractivity contribution in [1.29, 1.82) is 0 Å². The standard InChI is InChI=1S/C9H14N2OS/c1-6-7(13-10)4-5-8(11-6)9(2,3)12/h4-5,12H,10H2,1-3H3. The van der Waals surface area contributed by atoms with Gasteiger partial charge in [0.1, 0.15) is 5.60 Å². The number of aryl methyl sites for hydroxylation is 1. The van der Waals surface area contributed by atoms with Gasteiger partial charge in [0.2, 0.25) is 0 Å². The van der Waals surface area contributed by atoms with Crippen molar-refractivity contribution in [2.45, 2.75) is 31.3 Å². The second-order valence-corrected chi connectivity index (χ2v) is 4.13. The molecule has 72 valence electrons. The number of hydrogen-bond acceptors (Lipinski definition) is 4. The summed E-state index contributed by atoms with van der Waals surface area (Å²) in [6.45, 7) is 5.30. The molecule has 0 unspecified atom stereocenters. The number of nitrogens with two attached hydrogens (primary N) is 1. The van der Waals surface area contributed by atoms with Crippen LogP contribution in [0.1, 0.15) is 25.2 Å². The van der Waals surface area contributed by atoms with Gasteiger partial charge >= 0.3 is 0 Å². The van der Waals surface area contributed by atoms with Gasteiger partial charge in [0, 0.05) is 4.90 Å². The molecule has 0 aromatic carbocycles. The summed E-state index contributed by atoms with van der Waals surface area (Å²) in [6.07, 6.45) is 0. The maximum Gasteiger partial charge on any atom is 0.101 e. The Kier molecular flexibility index (Phi) is 2.95. The molecule has 0 fully saturated rings.